The van der Waals surface area contributed by atoms with Crippen molar-refractivity contribution in [2.24, 2.45) is 0 Å². The van der Waals surface area contributed by atoms with Crippen LogP contribution >= 0.6 is 0 Å². The molecule has 168 valence electrons. The van der Waals surface area contributed by atoms with Crippen LogP contribution in [-0.2, 0) is 4.79 Å². The molecule has 2 aromatic heterocycles. The van der Waals surface area contributed by atoms with Crippen LogP contribution in [0, 0.1) is 0 Å². The van der Waals surface area contributed by atoms with Crippen molar-refractivity contribution in [2.45, 2.75) is 31.8 Å². The fourth-order valence-corrected chi connectivity index (χ4v) is 3.98. The lowest BCUT2D eigenvalue weighted by atomic mass is 10.0. The summed E-state index contributed by atoms with van der Waals surface area (Å²) >= 11 is 0. The average Bonchev–Trinajstić information content (AvgIpc) is 3.50. The van der Waals surface area contributed by atoms with Crippen LogP contribution in [0.3, 0.4) is 0 Å². The van der Waals surface area contributed by atoms with Gasteiger partial charge in [-0.1, -0.05) is 23.4 Å². The monoisotopic (exact) mass is 447 g/mol. The highest BCUT2D eigenvalue weighted by Gasteiger charge is 2.21. The first kappa shape index (κ1) is 20.7. The van der Waals surface area contributed by atoms with Crippen LogP contribution in [0.5, 0.6) is 11.5 Å². The zero-order valence-electron chi connectivity index (χ0n) is 17.6. The van der Waals surface area contributed by atoms with E-state index in [0.717, 1.165) is 36.8 Å². The molecular formula is C23H21N5O5. The molecule has 0 bridgehead atoms. The number of carboxylic acids is 1. The second-order valence-corrected chi connectivity index (χ2v) is 7.87. The number of nitrogens with zero attached hydrogens (tertiary/aromatic N) is 3. The number of aromatic amines is 2. The maximum atomic E-state index is 12.4. The van der Waals surface area contributed by atoms with Crippen LogP contribution in [0.4, 0.5) is 0 Å². The second kappa shape index (κ2) is 8.73. The molecule has 0 aliphatic heterocycles. The number of aromatic nitrogens is 5. The maximum absolute atomic E-state index is 12.4. The van der Waals surface area contributed by atoms with E-state index >= 15 is 0 Å². The fourth-order valence-electron chi connectivity index (χ4n) is 3.98. The summed E-state index contributed by atoms with van der Waals surface area (Å²) in [5.41, 5.74) is 2.41. The first-order valence-electron chi connectivity index (χ1n) is 10.6. The first-order valence-corrected chi connectivity index (χ1v) is 10.6. The molecule has 0 spiro atoms. The zero-order chi connectivity index (χ0) is 22.8. The van der Waals surface area contributed by atoms with Gasteiger partial charge in [-0.05, 0) is 61.1 Å². The molecule has 4 aromatic rings. The quantitative estimate of drug-likeness (QED) is 0.392. The van der Waals surface area contributed by atoms with Crippen molar-refractivity contribution in [3.8, 4) is 34.0 Å². The zero-order valence-corrected chi connectivity index (χ0v) is 17.6. The van der Waals surface area contributed by atoms with E-state index in [1.807, 2.05) is 24.3 Å². The first-order chi connectivity index (χ1) is 16.1. The molecule has 2 aromatic carbocycles. The average molecular weight is 447 g/mol. The number of nitrogens with one attached hydrogen (secondary N) is 2. The van der Waals surface area contributed by atoms with Crippen LogP contribution in [0.1, 0.15) is 25.7 Å². The predicted octanol–water partition coefficient (Wildman–Crippen LogP) is 3.16. The van der Waals surface area contributed by atoms with Crippen molar-refractivity contribution in [3.63, 3.8) is 0 Å². The van der Waals surface area contributed by atoms with Crippen LogP contribution in [0.2, 0.25) is 0 Å². The van der Waals surface area contributed by atoms with Crippen molar-refractivity contribution in [2.75, 3.05) is 6.61 Å². The van der Waals surface area contributed by atoms with Gasteiger partial charge in [0.1, 0.15) is 17.3 Å². The normalized spacial score (nSPS) is 13.9. The highest BCUT2D eigenvalue weighted by Crippen LogP contribution is 2.36. The third-order valence-corrected chi connectivity index (χ3v) is 5.56. The topological polar surface area (TPSA) is 143 Å². The summed E-state index contributed by atoms with van der Waals surface area (Å²) in [6.45, 7) is -0.414. The van der Waals surface area contributed by atoms with E-state index < -0.39 is 12.6 Å². The van der Waals surface area contributed by atoms with E-state index in [9.17, 15) is 9.59 Å². The molecule has 2 heterocycles. The standard InChI is InChI=1S/C23H21N5O5/c29-19(30)12-32-16-7-3-4-13(10-16)14-8-9-17(18(11-14)33-15-5-1-2-6-15)21-24-22-20(23(31)25-21)26-28-27-22/h3-4,7-11,15H,1-2,5-6,12H2,(H,29,30)(H2,24,25,26,27,28,31). The summed E-state index contributed by atoms with van der Waals surface area (Å²) in [6.07, 6.45) is 4.26. The van der Waals surface area contributed by atoms with E-state index in [1.54, 1.807) is 18.2 Å². The summed E-state index contributed by atoms with van der Waals surface area (Å²) in [7, 11) is 0. The molecule has 33 heavy (non-hydrogen) atoms. The molecule has 0 saturated heterocycles. The summed E-state index contributed by atoms with van der Waals surface area (Å²) in [5, 5.41) is 18.9. The molecule has 0 amide bonds. The number of hydrogen-bond acceptors (Lipinski definition) is 7. The second-order valence-electron chi connectivity index (χ2n) is 7.87. The summed E-state index contributed by atoms with van der Waals surface area (Å²) in [5.74, 6) is 0.381. The third-order valence-electron chi connectivity index (χ3n) is 5.56. The van der Waals surface area contributed by atoms with Gasteiger partial charge in [0.2, 0.25) is 0 Å². The molecule has 0 unspecified atom stereocenters. The van der Waals surface area contributed by atoms with Crippen LogP contribution in [-0.4, -0.2) is 49.2 Å². The Balaban J connectivity index is 1.55. The lowest BCUT2D eigenvalue weighted by Gasteiger charge is -2.18. The van der Waals surface area contributed by atoms with Crippen molar-refractivity contribution >= 4 is 17.1 Å². The number of ether oxygens (including phenoxy) is 2. The fraction of sp³-hybridized carbons (Fsp3) is 0.261. The minimum absolute atomic E-state index is 0.0912. The molecule has 10 heteroatoms. The van der Waals surface area contributed by atoms with E-state index in [-0.39, 0.29) is 17.2 Å². The summed E-state index contributed by atoms with van der Waals surface area (Å²) in [6, 6.07) is 12.8. The van der Waals surface area contributed by atoms with Crippen LogP contribution < -0.4 is 15.0 Å². The number of aliphatic carboxylic acids is 1. The Labute approximate surface area is 187 Å². The lowest BCUT2D eigenvalue weighted by Crippen LogP contribution is -2.13. The molecule has 3 N–H and O–H groups in total. The molecule has 1 aliphatic carbocycles. The van der Waals surface area contributed by atoms with E-state index in [2.05, 4.69) is 25.4 Å². The Morgan fingerprint density at radius 1 is 1.12 bits per heavy atom. The number of hydrogen-bond donors (Lipinski definition) is 3. The lowest BCUT2D eigenvalue weighted by molar-refractivity contribution is -0.139. The Bertz CT molecular complexity index is 1370. The number of fused-ring (bicyclic) bond motifs is 1. The molecule has 1 aliphatic rings. The number of benzene rings is 2. The molecule has 1 fully saturated rings. The Morgan fingerprint density at radius 3 is 2.76 bits per heavy atom. The van der Waals surface area contributed by atoms with Gasteiger partial charge >= 0.3 is 5.97 Å². The Kier molecular flexibility index (Phi) is 5.47. The molecule has 0 radical (unpaired) electrons. The summed E-state index contributed by atoms with van der Waals surface area (Å²) < 4.78 is 11.7. The SMILES string of the molecule is O=C(O)COc1cccc(-c2ccc(-c3nc4[nH]nnc4c(=O)[nH]3)c(OC3CCCC3)c2)c1. The molecular weight excluding hydrogens is 426 g/mol. The smallest absolute Gasteiger partial charge is 0.341 e. The highest BCUT2D eigenvalue weighted by molar-refractivity contribution is 5.77. The van der Waals surface area contributed by atoms with Gasteiger partial charge in [0.25, 0.3) is 5.56 Å². The molecule has 0 atom stereocenters. The van der Waals surface area contributed by atoms with E-state index in [4.69, 9.17) is 14.6 Å². The molecule has 5 rings (SSSR count). The van der Waals surface area contributed by atoms with E-state index in [1.165, 1.54) is 0 Å². The van der Waals surface area contributed by atoms with Gasteiger partial charge in [0.15, 0.2) is 17.8 Å². The van der Waals surface area contributed by atoms with Crippen LogP contribution in [0.25, 0.3) is 33.7 Å². The van der Waals surface area contributed by atoms with Gasteiger partial charge in [-0.3, -0.25) is 4.79 Å². The van der Waals surface area contributed by atoms with Crippen molar-refractivity contribution in [1.82, 2.24) is 25.4 Å². The Morgan fingerprint density at radius 2 is 1.94 bits per heavy atom. The number of rotatable bonds is 7. The molecule has 1 saturated carbocycles. The van der Waals surface area contributed by atoms with Gasteiger partial charge in [0, 0.05) is 0 Å². The minimum Gasteiger partial charge on any atom is -0.490 e. The number of H-pyrrole nitrogens is 2. The number of carboxylic acid groups (broad SMARTS) is 1. The maximum Gasteiger partial charge on any atom is 0.341 e. The van der Waals surface area contributed by atoms with Gasteiger partial charge in [-0.15, -0.1) is 5.10 Å². The Hall–Kier alpha value is -4.21. The minimum atomic E-state index is -1.04. The predicted molar refractivity (Wildman–Crippen MR) is 119 cm³/mol. The van der Waals surface area contributed by atoms with Gasteiger partial charge in [-0.25, -0.2) is 14.9 Å². The van der Waals surface area contributed by atoms with Crippen molar-refractivity contribution in [3.05, 3.63) is 52.8 Å². The summed E-state index contributed by atoms with van der Waals surface area (Å²) in [4.78, 5) is 30.5. The van der Waals surface area contributed by atoms with Crippen molar-refractivity contribution < 1.29 is 19.4 Å². The van der Waals surface area contributed by atoms with Crippen LogP contribution in [0.15, 0.2) is 47.3 Å². The van der Waals surface area contributed by atoms with E-state index in [0.29, 0.717) is 28.5 Å². The molecule has 10 nitrogen and oxygen atoms in total. The highest BCUT2D eigenvalue weighted by atomic mass is 16.5. The number of carbonyl (C=O) groups is 1. The van der Waals surface area contributed by atoms with Gasteiger partial charge < -0.3 is 19.6 Å². The van der Waals surface area contributed by atoms with Gasteiger partial charge in [-0.2, -0.15) is 0 Å². The largest absolute Gasteiger partial charge is 0.490 e. The third kappa shape index (κ3) is 4.40. The van der Waals surface area contributed by atoms with Gasteiger partial charge in [0.05, 0.1) is 11.7 Å². The van der Waals surface area contributed by atoms with Crippen molar-refractivity contribution in [1.29, 1.82) is 0 Å².